The van der Waals surface area contributed by atoms with Crippen LogP contribution in [0.1, 0.15) is 203 Å². The third kappa shape index (κ3) is 13.3. The summed E-state index contributed by atoms with van der Waals surface area (Å²) in [6, 6.07) is 58.8. The summed E-state index contributed by atoms with van der Waals surface area (Å²) < 4.78 is 28.8. The first kappa shape index (κ1) is 96.2. The number of nitrogens with zero attached hydrogens (tertiary/aromatic N) is 4. The van der Waals surface area contributed by atoms with Crippen molar-refractivity contribution in [2.75, 3.05) is 56.4 Å². The number of rotatable bonds is 8. The van der Waals surface area contributed by atoms with Crippen LogP contribution in [-0.2, 0) is 34.1 Å². The van der Waals surface area contributed by atoms with Crippen molar-refractivity contribution in [3.63, 3.8) is 0 Å². The number of carbonyl (C=O) groups is 2. The lowest BCUT2D eigenvalue weighted by Crippen LogP contribution is -2.62. The van der Waals surface area contributed by atoms with E-state index in [1.807, 2.05) is 126 Å². The van der Waals surface area contributed by atoms with Crippen LogP contribution in [0.5, 0.6) is 0 Å². The molecule has 28 rings (SSSR count). The van der Waals surface area contributed by atoms with Gasteiger partial charge >= 0.3 is 0 Å². The number of allylic oxidation sites excluding steroid dienone is 4. The third-order valence-electron chi connectivity index (χ3n) is 42.5. The van der Waals surface area contributed by atoms with E-state index in [0.717, 1.165) is 132 Å². The number of ether oxygens (including phenoxy) is 4. The molecule has 144 heavy (non-hydrogen) atoms. The van der Waals surface area contributed by atoms with Crippen molar-refractivity contribution in [2.24, 2.45) is 45.3 Å². The highest BCUT2D eigenvalue weighted by atomic mass is 16.6. The van der Waals surface area contributed by atoms with E-state index in [1.165, 1.54) is 61.9 Å². The largest absolute Gasteiger partial charge is 0.392 e. The fourth-order valence-electron chi connectivity index (χ4n) is 35.1. The molecule has 8 aromatic rings. The minimum Gasteiger partial charge on any atom is -0.392 e. The Balaban J connectivity index is 0.000000101. The number of hydrogen-bond donors (Lipinski definition) is 10. The van der Waals surface area contributed by atoms with Crippen LogP contribution < -0.4 is 0 Å². The molecule has 33 atom stereocenters. The molecule has 0 amide bonds. The molecule has 12 fully saturated rings. The van der Waals surface area contributed by atoms with Crippen molar-refractivity contribution in [1.82, 2.24) is 19.6 Å². The molecule has 8 heterocycles. The van der Waals surface area contributed by atoms with Crippen LogP contribution in [0.25, 0.3) is 43.1 Å². The predicted molar refractivity (Wildman–Crippen MR) is 556 cm³/mol. The fraction of sp³-hybridized carbons (Fsp3) is 0.532. The van der Waals surface area contributed by atoms with Gasteiger partial charge in [0.15, 0.2) is 11.4 Å². The molecule has 12 aliphatic carbocycles. The zero-order valence-corrected chi connectivity index (χ0v) is 85.4. The van der Waals surface area contributed by atoms with E-state index >= 15 is 0 Å². The van der Waals surface area contributed by atoms with Crippen molar-refractivity contribution in [1.29, 1.82) is 0 Å². The second kappa shape index (κ2) is 33.2. The molecule has 0 aromatic heterocycles. The summed E-state index contributed by atoms with van der Waals surface area (Å²) in [4.78, 5) is 35.6. The van der Waals surface area contributed by atoms with Crippen molar-refractivity contribution in [2.45, 2.75) is 310 Å². The summed E-state index contributed by atoms with van der Waals surface area (Å²) in [7, 11) is 15.7. The van der Waals surface area contributed by atoms with Gasteiger partial charge in [0.2, 0.25) is 0 Å². The number of hydrogen-bond acceptors (Lipinski definition) is 20. The first-order valence-corrected chi connectivity index (χ1v) is 53.7. The van der Waals surface area contributed by atoms with Crippen molar-refractivity contribution in [3.05, 3.63) is 285 Å². The van der Waals surface area contributed by atoms with Gasteiger partial charge in [-0.2, -0.15) is 0 Å². The van der Waals surface area contributed by atoms with Gasteiger partial charge in [-0.3, -0.25) is 9.59 Å². The molecule has 8 aliphatic heterocycles. The summed E-state index contributed by atoms with van der Waals surface area (Å²) in [5.74, 6) is 1.12. The Morgan fingerprint density at radius 2 is 0.674 bits per heavy atom. The first-order valence-electron chi connectivity index (χ1n) is 53.7. The second-order valence-electron chi connectivity index (χ2n) is 49.9. The van der Waals surface area contributed by atoms with Gasteiger partial charge in [0, 0.05) is 72.0 Å². The van der Waals surface area contributed by atoms with Gasteiger partial charge in [-0.15, -0.1) is 0 Å². The van der Waals surface area contributed by atoms with Gasteiger partial charge < -0.3 is 89.6 Å². The number of fused-ring (bicyclic) bond motifs is 8. The first-order chi connectivity index (χ1) is 68.7. The second-order valence-corrected chi connectivity index (χ2v) is 49.9. The lowest BCUT2D eigenvalue weighted by atomic mass is 9.56. The van der Waals surface area contributed by atoms with E-state index in [-0.39, 0.29) is 87.8 Å². The number of Topliss-reactive ketones (excluding diaryl/α,β-unsaturated/α-hetero) is 2. The van der Waals surface area contributed by atoms with Crippen LogP contribution in [-0.4, -0.2) is 263 Å². The molecule has 20 aliphatic rings. The molecule has 10 N–H and O–H groups in total. The van der Waals surface area contributed by atoms with Crippen molar-refractivity contribution in [3.8, 4) is 0 Å². The van der Waals surface area contributed by atoms with Gasteiger partial charge in [0.25, 0.3) is 0 Å². The standard InChI is InChI=1S/C31H35NO5.C31H37NO4.C31H35NO4.C31H37NO3/c1-28-11-10-20-15-22-26(34)27(35)23(32(2)3)17-29(22)12-13-30(20,37-29)24(28)16-25(33)31(28,36)21-9-8-18-6-4-5-7-19(18)14-21;2*1-29-11-10-21-15-22-27(34)28(35)23(32(2)3)17-30(22)12-13-31(21,36-30)25(29)16-24(33)26(29)20-9-8-18-6-4-5-7-19(18)14-20;1-29-13-12-22-17-24-27(33)28(34)25(32(2)3)18-30(24)14-15-31(22,35-30)26(29)11-10-23(29)21-9-8-19-6-4-5-7-20(19)16-21/h4-10,14-15,23-24,26-27,34-36H,11-13,16-17H2,1-3H3;4-10,14-15,23-28,33-35H,11-13,16-17H2,1-3H3;4-10,14-15,23,25-28,34-35H,11-13,16-17H2,1-3H3;4-9,12,16-17,23,25-28,33-34H,10-11,13-15,18H2,1-3H3/t23-,24+,26+,27+,28-,29+,30+,31+;23-,24-,25+,26-,27+,28+,29-,30+,31+;23-,25+,26-,27+,28+,29-,30+,31+;23-,25+,26-,27-,28-,29-,30-,31-/m0001/s1. The molecule has 8 saturated carbocycles. The molecule has 756 valence electrons. The maximum Gasteiger partial charge on any atom is 0.169 e. The lowest BCUT2D eigenvalue weighted by molar-refractivity contribution is -0.182. The van der Waals surface area contributed by atoms with Crippen LogP contribution in [0, 0.1) is 45.3 Å². The maximum absolute atomic E-state index is 13.8. The van der Waals surface area contributed by atoms with Crippen LogP contribution in [0.3, 0.4) is 0 Å². The van der Waals surface area contributed by atoms with E-state index in [9.17, 15) is 60.7 Å². The molecule has 8 bridgehead atoms. The zero-order valence-electron chi connectivity index (χ0n) is 85.4. The average molecular weight is 1950 g/mol. The Morgan fingerprint density at radius 1 is 0.333 bits per heavy atom. The fourth-order valence-corrected chi connectivity index (χ4v) is 35.1. The van der Waals surface area contributed by atoms with E-state index in [0.29, 0.717) is 61.7 Å². The number of likely N-dealkylation sites (N-methyl/N-ethyl adjacent to an activating group) is 4. The minimum atomic E-state index is -1.62. The Hall–Kier alpha value is -8.66. The van der Waals surface area contributed by atoms with E-state index in [4.69, 9.17) is 18.9 Å². The van der Waals surface area contributed by atoms with Gasteiger partial charge in [0.05, 0.1) is 75.3 Å². The molecule has 8 aromatic carbocycles. The SMILES string of the molecule is CN(C)[C@H]1C[C@@]23CC[C@@]4(O2)C(=CC[C@@]2(C)[C@H]4CC(=O)[C@]2(O)c2ccc4ccccc4c2)C=C3[C@@H](O)[C@@H]1O.CN(C)[C@H]1C[C@@]23CC[C@@]4(O2)C(=CC[C@@]2(C)[C@H]4C[C@H](O)[C@@H]2c2ccc4ccccc4c2)C=C3[C@@H](O)[C@@H]1O.CN(C)[C@H]1C[C@@]23CC[C@@]4(O2)C(=CC[C@]2(C)[C@@H](c5ccc6ccccc6c5)C(=O)C[C@H]24)C=C3[C@@H](O)[C@@H]1O.CN(C)[C@H]1C[C@@]23CC[C@@]4(O2)C(=CC[C@]2(C)[C@@H](c5ccc6ccccc6c5)CC[C@H]24)C=C3[C@@H](O)[C@@H]1O. The van der Waals surface area contributed by atoms with Crippen molar-refractivity contribution < 1.29 is 79.6 Å². The van der Waals surface area contributed by atoms with Crippen LogP contribution in [0.2, 0.25) is 0 Å². The molecule has 4 saturated heterocycles. The molecule has 8 spiro atoms. The van der Waals surface area contributed by atoms with Crippen LogP contribution in [0.4, 0.5) is 0 Å². The number of carbonyl (C=O) groups excluding carboxylic acids is 2. The lowest BCUT2D eigenvalue weighted by Gasteiger charge is -2.56. The smallest absolute Gasteiger partial charge is 0.169 e. The van der Waals surface area contributed by atoms with Gasteiger partial charge in [0.1, 0.15) is 30.2 Å². The summed E-state index contributed by atoms with van der Waals surface area (Å²) >= 11 is 0. The van der Waals surface area contributed by atoms with Crippen LogP contribution in [0.15, 0.2) is 263 Å². The molecule has 0 unspecified atom stereocenters. The van der Waals surface area contributed by atoms with Crippen LogP contribution >= 0.6 is 0 Å². The summed E-state index contributed by atoms with van der Waals surface area (Å²) in [6.45, 7) is 9.20. The average Bonchev–Trinajstić information content (AvgIpc) is 1.44. The maximum atomic E-state index is 13.8. The van der Waals surface area contributed by atoms with Crippen molar-refractivity contribution >= 4 is 54.7 Å². The highest BCUT2D eigenvalue weighted by Gasteiger charge is 2.77. The molecule has 20 heteroatoms. The predicted octanol–water partition coefficient (Wildman–Crippen LogP) is 16.2. The number of aliphatic hydroxyl groups is 10. The number of benzene rings is 8. The highest BCUT2D eigenvalue weighted by molar-refractivity contribution is 5.96. The van der Waals surface area contributed by atoms with E-state index < -0.39 is 105 Å². The zero-order chi connectivity index (χ0) is 100. The van der Waals surface area contributed by atoms with E-state index in [2.05, 4.69) is 196 Å². The molecule has 20 nitrogen and oxygen atoms in total. The van der Waals surface area contributed by atoms with E-state index in [1.54, 1.807) is 0 Å². The highest BCUT2D eigenvalue weighted by Crippen LogP contribution is 2.76. The summed E-state index contributed by atoms with van der Waals surface area (Å²) in [5.41, 5.74) is 5.58. The quantitative estimate of drug-likeness (QED) is 0.0676. The Labute approximate surface area is 845 Å². The van der Waals surface area contributed by atoms with Gasteiger partial charge in [-0.05, 0) is 322 Å². The van der Waals surface area contributed by atoms with Gasteiger partial charge in [-0.1, -0.05) is 240 Å². The molecular weight excluding hydrogens is 1800 g/mol. The topological polar surface area (TPSA) is 286 Å². The monoisotopic (exact) mass is 1950 g/mol. The number of ketones is 2. The number of aliphatic hydroxyl groups excluding tert-OH is 9. The Bertz CT molecular complexity index is 6930. The Morgan fingerprint density at radius 3 is 1.10 bits per heavy atom. The summed E-state index contributed by atoms with van der Waals surface area (Å²) in [5, 5.41) is 122. The molecule has 0 radical (unpaired) electrons. The third-order valence-corrected chi connectivity index (χ3v) is 42.5. The van der Waals surface area contributed by atoms with Gasteiger partial charge in [-0.25, -0.2) is 0 Å². The Kier molecular flexibility index (Phi) is 22.2. The minimum absolute atomic E-state index is 0.0399. The normalized spacial score (nSPS) is 44.2. The summed E-state index contributed by atoms with van der Waals surface area (Å²) in [6.07, 6.45) is 26.7. The molecular formula is C124H144N4O16.